The van der Waals surface area contributed by atoms with Gasteiger partial charge in [-0.3, -0.25) is 9.59 Å². The van der Waals surface area contributed by atoms with E-state index in [1.807, 2.05) is 0 Å². The summed E-state index contributed by atoms with van der Waals surface area (Å²) in [6.07, 6.45) is 18.3. The molecule has 4 nitrogen and oxygen atoms in total. The van der Waals surface area contributed by atoms with Crippen molar-refractivity contribution in [3.63, 3.8) is 0 Å². The van der Waals surface area contributed by atoms with Gasteiger partial charge in [0.15, 0.2) is 5.78 Å². The molecule has 0 radical (unpaired) electrons. The van der Waals surface area contributed by atoms with E-state index in [2.05, 4.69) is 19.1 Å². The molecule has 1 N–H and O–H groups in total. The highest BCUT2D eigenvalue weighted by Gasteiger charge is 2.30. The van der Waals surface area contributed by atoms with Gasteiger partial charge in [-0.05, 0) is 39.0 Å². The molecule has 0 aliphatic rings. The zero-order valence-corrected chi connectivity index (χ0v) is 17.2. The molecule has 0 heterocycles. The lowest BCUT2D eigenvalue weighted by Gasteiger charge is -2.18. The molecule has 0 aromatic carbocycles. The maximum absolute atomic E-state index is 11.7. The Morgan fingerprint density at radius 1 is 0.885 bits per heavy atom. The first-order chi connectivity index (χ1) is 12.5. The third-order valence-electron chi connectivity index (χ3n) is 4.83. The quantitative estimate of drug-likeness (QED) is 0.213. The summed E-state index contributed by atoms with van der Waals surface area (Å²) in [4.78, 5) is 23.0. The van der Waals surface area contributed by atoms with Crippen LogP contribution >= 0.6 is 0 Å². The van der Waals surface area contributed by atoms with Crippen molar-refractivity contribution in [3.05, 3.63) is 12.2 Å². The van der Waals surface area contributed by atoms with Crippen LogP contribution in [0.15, 0.2) is 12.2 Å². The number of methoxy groups -OCH3 is 1. The number of Topliss-reactive ketones (excluding diaryl/α,β-unsaturated/α-hetero) is 1. The maximum Gasteiger partial charge on any atom is 0.311 e. The first-order valence-corrected chi connectivity index (χ1v) is 10.5. The summed E-state index contributed by atoms with van der Waals surface area (Å²) in [6.45, 7) is 3.55. The zero-order chi connectivity index (χ0) is 19.6. The summed E-state index contributed by atoms with van der Waals surface area (Å²) in [7, 11) is 1.29. The van der Waals surface area contributed by atoms with Crippen LogP contribution in [0.1, 0.15) is 97.3 Å². The summed E-state index contributed by atoms with van der Waals surface area (Å²) < 4.78 is 4.69. The van der Waals surface area contributed by atoms with Crippen molar-refractivity contribution in [2.75, 3.05) is 7.11 Å². The average Bonchev–Trinajstić information content (AvgIpc) is 2.63. The van der Waals surface area contributed by atoms with Crippen LogP contribution in [-0.4, -0.2) is 30.1 Å². The topological polar surface area (TPSA) is 63.6 Å². The molecule has 0 saturated carbocycles. The van der Waals surface area contributed by atoms with Gasteiger partial charge in [-0.15, -0.1) is 0 Å². The van der Waals surface area contributed by atoms with Gasteiger partial charge in [-0.25, -0.2) is 0 Å². The van der Waals surface area contributed by atoms with Gasteiger partial charge in [0.25, 0.3) is 0 Å². The van der Waals surface area contributed by atoms with Gasteiger partial charge in [0.2, 0.25) is 0 Å². The van der Waals surface area contributed by atoms with Crippen LogP contribution in [0.25, 0.3) is 0 Å². The molecule has 0 rings (SSSR count). The predicted octanol–water partition coefficient (Wildman–Crippen LogP) is 5.37. The van der Waals surface area contributed by atoms with Crippen LogP contribution in [-0.2, 0) is 14.3 Å². The van der Waals surface area contributed by atoms with E-state index in [1.165, 1.54) is 59.0 Å². The number of aliphatic hydroxyl groups is 1. The monoisotopic (exact) mass is 368 g/mol. The first kappa shape index (κ1) is 24.8. The highest BCUT2D eigenvalue weighted by molar-refractivity contribution is 5.86. The van der Waals surface area contributed by atoms with Crippen molar-refractivity contribution in [3.8, 4) is 0 Å². The number of carbonyl (C=O) groups is 2. The van der Waals surface area contributed by atoms with E-state index in [1.54, 1.807) is 0 Å². The number of hydrogen-bond donors (Lipinski definition) is 1. The molecular weight excluding hydrogens is 328 g/mol. The number of aliphatic hydroxyl groups excluding tert-OH is 1. The summed E-state index contributed by atoms with van der Waals surface area (Å²) in [5.41, 5.74) is 0. The molecule has 0 aliphatic heterocycles. The second-order valence-corrected chi connectivity index (χ2v) is 7.20. The number of rotatable bonds is 17. The molecule has 152 valence electrons. The van der Waals surface area contributed by atoms with Crippen LogP contribution in [0.3, 0.4) is 0 Å². The van der Waals surface area contributed by atoms with Crippen LogP contribution in [0, 0.1) is 5.92 Å². The lowest BCUT2D eigenvalue weighted by atomic mass is 9.93. The van der Waals surface area contributed by atoms with Gasteiger partial charge in [-0.1, -0.05) is 70.4 Å². The number of ketones is 1. The minimum absolute atomic E-state index is 0.379. The Hall–Kier alpha value is -1.16. The maximum atomic E-state index is 11.7. The Morgan fingerprint density at radius 3 is 1.88 bits per heavy atom. The molecule has 2 atom stereocenters. The SMILES string of the molecule is CCCCCCCC/C=C\CCCCCC[C@H](C(=O)OC)[C@@H](O)C(C)=O. The molecule has 0 aliphatic carbocycles. The minimum Gasteiger partial charge on any atom is -0.469 e. The third-order valence-corrected chi connectivity index (χ3v) is 4.83. The number of unbranched alkanes of at least 4 members (excludes halogenated alkanes) is 10. The first-order valence-electron chi connectivity index (χ1n) is 10.5. The van der Waals surface area contributed by atoms with Crippen molar-refractivity contribution in [1.29, 1.82) is 0 Å². The Kier molecular flexibility index (Phi) is 16.5. The van der Waals surface area contributed by atoms with Crippen LogP contribution in [0.2, 0.25) is 0 Å². The lowest BCUT2D eigenvalue weighted by Crippen LogP contribution is -2.34. The molecule has 0 unspecified atom stereocenters. The van der Waals surface area contributed by atoms with Crippen molar-refractivity contribution in [2.45, 2.75) is 103 Å². The van der Waals surface area contributed by atoms with E-state index in [4.69, 9.17) is 4.74 Å². The van der Waals surface area contributed by atoms with Crippen LogP contribution in [0.5, 0.6) is 0 Å². The average molecular weight is 369 g/mol. The van der Waals surface area contributed by atoms with Crippen molar-refractivity contribution < 1.29 is 19.4 Å². The van der Waals surface area contributed by atoms with Crippen molar-refractivity contribution in [2.24, 2.45) is 5.92 Å². The molecule has 0 aromatic rings. The number of allylic oxidation sites excluding steroid dienone is 2. The van der Waals surface area contributed by atoms with Gasteiger partial charge in [0.05, 0.1) is 13.0 Å². The highest BCUT2D eigenvalue weighted by atomic mass is 16.5. The Morgan fingerprint density at radius 2 is 1.38 bits per heavy atom. The second kappa shape index (κ2) is 17.3. The normalized spacial score (nSPS) is 13.7. The largest absolute Gasteiger partial charge is 0.469 e. The van der Waals surface area contributed by atoms with Crippen molar-refractivity contribution >= 4 is 11.8 Å². The van der Waals surface area contributed by atoms with Crippen LogP contribution in [0.4, 0.5) is 0 Å². The van der Waals surface area contributed by atoms with Gasteiger partial charge < -0.3 is 9.84 Å². The highest BCUT2D eigenvalue weighted by Crippen LogP contribution is 2.18. The van der Waals surface area contributed by atoms with Gasteiger partial charge in [0.1, 0.15) is 6.10 Å². The third kappa shape index (κ3) is 13.1. The van der Waals surface area contributed by atoms with Gasteiger partial charge in [-0.2, -0.15) is 0 Å². The summed E-state index contributed by atoms with van der Waals surface area (Å²) in [5.74, 6) is -1.60. The molecule has 0 amide bonds. The predicted molar refractivity (Wildman–Crippen MR) is 107 cm³/mol. The number of hydrogen-bond acceptors (Lipinski definition) is 4. The minimum atomic E-state index is -1.24. The molecule has 0 spiro atoms. The lowest BCUT2D eigenvalue weighted by molar-refractivity contribution is -0.153. The number of esters is 1. The fraction of sp³-hybridized carbons (Fsp3) is 0.818. The molecule has 0 bridgehead atoms. The summed E-state index contributed by atoms with van der Waals surface area (Å²) in [5, 5.41) is 9.83. The fourth-order valence-corrected chi connectivity index (χ4v) is 3.10. The van der Waals surface area contributed by atoms with E-state index < -0.39 is 18.0 Å². The molecule has 26 heavy (non-hydrogen) atoms. The Balaban J connectivity index is 3.65. The molecular formula is C22H40O4. The second-order valence-electron chi connectivity index (χ2n) is 7.20. The summed E-state index contributed by atoms with van der Waals surface area (Å²) in [6, 6.07) is 0. The van der Waals surface area contributed by atoms with Crippen molar-refractivity contribution in [1.82, 2.24) is 0 Å². The number of carbonyl (C=O) groups excluding carboxylic acids is 2. The molecule has 4 heteroatoms. The van der Waals surface area contributed by atoms with Gasteiger partial charge in [0, 0.05) is 0 Å². The van der Waals surface area contributed by atoms with E-state index in [0.29, 0.717) is 6.42 Å². The van der Waals surface area contributed by atoms with E-state index in [-0.39, 0.29) is 5.78 Å². The molecule has 0 fully saturated rings. The van der Waals surface area contributed by atoms with E-state index in [0.717, 1.165) is 32.1 Å². The zero-order valence-electron chi connectivity index (χ0n) is 17.2. The van der Waals surface area contributed by atoms with E-state index in [9.17, 15) is 14.7 Å². The van der Waals surface area contributed by atoms with Crippen LogP contribution < -0.4 is 0 Å². The standard InChI is InChI=1S/C22H40O4/c1-4-5-6-7-8-9-10-11-12-13-14-15-16-17-18-20(22(25)26-3)21(24)19(2)23/h11-12,20-21,24H,4-10,13-18H2,1-3H3/b12-11-/t20-,21-/m0/s1. The summed E-state index contributed by atoms with van der Waals surface area (Å²) >= 11 is 0. The van der Waals surface area contributed by atoms with E-state index >= 15 is 0 Å². The van der Waals surface area contributed by atoms with Gasteiger partial charge >= 0.3 is 5.97 Å². The fourth-order valence-electron chi connectivity index (χ4n) is 3.10. The number of ether oxygens (including phenoxy) is 1. The Labute approximate surface area is 160 Å². The molecule has 0 saturated heterocycles. The Bertz CT molecular complexity index is 390. The molecule has 0 aromatic heterocycles. The smallest absolute Gasteiger partial charge is 0.311 e.